The van der Waals surface area contributed by atoms with Crippen LogP contribution >= 0.6 is 0 Å². The van der Waals surface area contributed by atoms with Gasteiger partial charge < -0.3 is 4.74 Å². The summed E-state index contributed by atoms with van der Waals surface area (Å²) in [5.74, 6) is 1.14. The van der Waals surface area contributed by atoms with Crippen molar-refractivity contribution in [1.29, 1.82) is 0 Å². The zero-order valence-electron chi connectivity index (χ0n) is 18.9. The van der Waals surface area contributed by atoms with Crippen molar-refractivity contribution in [3.63, 3.8) is 0 Å². The summed E-state index contributed by atoms with van der Waals surface area (Å²) in [6.45, 7) is 6.56. The van der Waals surface area contributed by atoms with Crippen LogP contribution in [0.3, 0.4) is 0 Å². The van der Waals surface area contributed by atoms with Crippen molar-refractivity contribution in [2.45, 2.75) is 91.3 Å². The van der Waals surface area contributed by atoms with E-state index in [4.69, 9.17) is 0 Å². The maximum atomic E-state index is 12.2. The normalized spacial score (nSPS) is 14.5. The molecule has 1 rings (SSSR count). The Labute approximate surface area is 181 Å². The first-order valence-electron chi connectivity index (χ1n) is 11.5. The van der Waals surface area contributed by atoms with E-state index in [0.29, 0.717) is 11.8 Å². The number of allylic oxidation sites excluding steroid dienone is 4. The summed E-state index contributed by atoms with van der Waals surface area (Å²) in [6, 6.07) is 6.24. The van der Waals surface area contributed by atoms with Crippen LogP contribution in [-0.4, -0.2) is 6.36 Å². The van der Waals surface area contributed by atoms with Gasteiger partial charge in [0.1, 0.15) is 5.75 Å². The Bertz CT molecular complexity index is 602. The highest BCUT2D eigenvalue weighted by Crippen LogP contribution is 2.24. The molecule has 0 aliphatic carbocycles. The number of aryl methyl sites for hydroxylation is 1. The van der Waals surface area contributed by atoms with Crippen molar-refractivity contribution < 1.29 is 17.9 Å². The first-order chi connectivity index (χ1) is 14.4. The van der Waals surface area contributed by atoms with E-state index >= 15 is 0 Å². The predicted molar refractivity (Wildman–Crippen MR) is 121 cm³/mol. The van der Waals surface area contributed by atoms with Crippen LogP contribution in [0.15, 0.2) is 48.6 Å². The van der Waals surface area contributed by atoms with Gasteiger partial charge in [0.15, 0.2) is 0 Å². The van der Waals surface area contributed by atoms with Gasteiger partial charge in [-0.2, -0.15) is 0 Å². The summed E-state index contributed by atoms with van der Waals surface area (Å²) in [5.41, 5.74) is 1.05. The molecule has 30 heavy (non-hydrogen) atoms. The lowest BCUT2D eigenvalue weighted by Crippen LogP contribution is -2.17. The molecule has 0 aliphatic heterocycles. The summed E-state index contributed by atoms with van der Waals surface area (Å²) in [7, 11) is 0. The van der Waals surface area contributed by atoms with Gasteiger partial charge in [0.25, 0.3) is 0 Å². The van der Waals surface area contributed by atoms with Crippen molar-refractivity contribution in [3.05, 3.63) is 54.1 Å². The Morgan fingerprint density at radius 1 is 0.867 bits per heavy atom. The molecule has 0 spiro atoms. The van der Waals surface area contributed by atoms with Crippen molar-refractivity contribution in [1.82, 2.24) is 0 Å². The topological polar surface area (TPSA) is 9.23 Å². The minimum atomic E-state index is -4.63. The highest BCUT2D eigenvalue weighted by atomic mass is 19.4. The molecule has 0 radical (unpaired) electrons. The largest absolute Gasteiger partial charge is 0.573 e. The third kappa shape index (κ3) is 12.8. The van der Waals surface area contributed by atoms with Crippen LogP contribution in [-0.2, 0) is 6.42 Å². The van der Waals surface area contributed by atoms with Crippen LogP contribution in [0.4, 0.5) is 13.2 Å². The third-order valence-corrected chi connectivity index (χ3v) is 5.33. The summed E-state index contributed by atoms with van der Waals surface area (Å²) in [5, 5.41) is 0. The Morgan fingerprint density at radius 3 is 2.03 bits per heavy atom. The minimum absolute atomic E-state index is 0.159. The SMILES string of the molecule is C/C=C/C(CCC)CCC/C=C/C(CCC)CCCc1ccc(OC(F)(F)F)cc1. The van der Waals surface area contributed by atoms with E-state index in [2.05, 4.69) is 49.8 Å². The Morgan fingerprint density at radius 2 is 1.47 bits per heavy atom. The lowest BCUT2D eigenvalue weighted by Gasteiger charge is -2.13. The van der Waals surface area contributed by atoms with Gasteiger partial charge in [0, 0.05) is 0 Å². The predicted octanol–water partition coefficient (Wildman–Crippen LogP) is 9.04. The maximum Gasteiger partial charge on any atom is 0.573 e. The second kappa shape index (κ2) is 15.1. The van der Waals surface area contributed by atoms with Crippen LogP contribution < -0.4 is 4.74 Å². The van der Waals surface area contributed by atoms with Gasteiger partial charge in [-0.05, 0) is 87.8 Å². The Hall–Kier alpha value is -1.71. The fraction of sp³-hybridized carbons (Fsp3) is 0.615. The van der Waals surface area contributed by atoms with Crippen molar-refractivity contribution in [3.8, 4) is 5.75 Å². The lowest BCUT2D eigenvalue weighted by molar-refractivity contribution is -0.274. The first kappa shape index (κ1) is 26.3. The highest BCUT2D eigenvalue weighted by Gasteiger charge is 2.30. The average Bonchev–Trinajstić information content (AvgIpc) is 2.68. The number of alkyl halides is 3. The molecule has 1 aromatic carbocycles. The van der Waals surface area contributed by atoms with Crippen molar-refractivity contribution in [2.75, 3.05) is 0 Å². The van der Waals surface area contributed by atoms with E-state index < -0.39 is 6.36 Å². The molecule has 0 fully saturated rings. The number of unbranched alkanes of at least 4 members (excludes halogenated alkanes) is 1. The van der Waals surface area contributed by atoms with E-state index in [1.54, 1.807) is 12.1 Å². The number of halogens is 3. The van der Waals surface area contributed by atoms with Gasteiger partial charge >= 0.3 is 6.36 Å². The van der Waals surface area contributed by atoms with E-state index in [0.717, 1.165) is 31.2 Å². The van der Waals surface area contributed by atoms with E-state index in [1.807, 2.05) is 0 Å². The number of rotatable bonds is 15. The minimum Gasteiger partial charge on any atom is -0.406 e. The molecule has 0 aliphatic rings. The molecule has 0 saturated heterocycles. The first-order valence-corrected chi connectivity index (χ1v) is 11.5. The maximum absolute atomic E-state index is 12.2. The fourth-order valence-electron chi connectivity index (χ4n) is 3.90. The molecule has 0 heterocycles. The molecule has 1 aromatic rings. The zero-order valence-corrected chi connectivity index (χ0v) is 18.9. The van der Waals surface area contributed by atoms with Crippen molar-refractivity contribution >= 4 is 0 Å². The van der Waals surface area contributed by atoms with E-state index in [-0.39, 0.29) is 5.75 Å². The molecule has 0 N–H and O–H groups in total. The molecule has 0 bridgehead atoms. The number of ether oxygens (including phenoxy) is 1. The highest BCUT2D eigenvalue weighted by molar-refractivity contribution is 5.27. The second-order valence-corrected chi connectivity index (χ2v) is 8.07. The molecular formula is C26H39F3O. The monoisotopic (exact) mass is 424 g/mol. The quantitative estimate of drug-likeness (QED) is 0.201. The Kier molecular flexibility index (Phi) is 13.3. The van der Waals surface area contributed by atoms with Gasteiger partial charge in [-0.15, -0.1) is 13.2 Å². The van der Waals surface area contributed by atoms with Crippen LogP contribution in [0.5, 0.6) is 5.75 Å². The van der Waals surface area contributed by atoms with Crippen LogP contribution in [0, 0.1) is 11.8 Å². The third-order valence-electron chi connectivity index (χ3n) is 5.33. The zero-order chi connectivity index (χ0) is 22.2. The standard InChI is InChI=1S/C26H39F3O/c1-4-11-22(12-5-2)14-8-7-9-15-23(13-6-3)16-10-17-24-18-20-25(21-19-24)30-26(27,28)29/h4,9,11,15,18-23H,5-8,10,12-14,16-17H2,1-3H3/b11-4+,15-9+. The molecule has 4 heteroatoms. The van der Waals surface area contributed by atoms with Crippen LogP contribution in [0.1, 0.15) is 84.1 Å². The summed E-state index contributed by atoms with van der Waals surface area (Å²) in [6.07, 6.45) is 16.1. The average molecular weight is 425 g/mol. The summed E-state index contributed by atoms with van der Waals surface area (Å²) < 4.78 is 40.6. The molecule has 2 atom stereocenters. The molecular weight excluding hydrogens is 385 g/mol. The van der Waals surface area contributed by atoms with E-state index in [1.165, 1.54) is 50.7 Å². The summed E-state index contributed by atoms with van der Waals surface area (Å²) >= 11 is 0. The summed E-state index contributed by atoms with van der Waals surface area (Å²) in [4.78, 5) is 0. The fourth-order valence-corrected chi connectivity index (χ4v) is 3.90. The molecule has 2 unspecified atom stereocenters. The van der Waals surface area contributed by atoms with Gasteiger partial charge in [0.05, 0.1) is 0 Å². The van der Waals surface area contributed by atoms with Gasteiger partial charge in [-0.1, -0.05) is 63.1 Å². The number of hydrogen-bond donors (Lipinski definition) is 0. The molecule has 0 aromatic heterocycles. The van der Waals surface area contributed by atoms with Gasteiger partial charge in [-0.25, -0.2) is 0 Å². The number of benzene rings is 1. The van der Waals surface area contributed by atoms with Crippen LogP contribution in [0.25, 0.3) is 0 Å². The van der Waals surface area contributed by atoms with Crippen LogP contribution in [0.2, 0.25) is 0 Å². The molecule has 0 saturated carbocycles. The van der Waals surface area contributed by atoms with Gasteiger partial charge in [-0.3, -0.25) is 0 Å². The molecule has 0 amide bonds. The van der Waals surface area contributed by atoms with Crippen molar-refractivity contribution in [2.24, 2.45) is 11.8 Å². The second-order valence-electron chi connectivity index (χ2n) is 8.07. The number of hydrogen-bond acceptors (Lipinski definition) is 1. The lowest BCUT2D eigenvalue weighted by atomic mass is 9.93. The molecule has 170 valence electrons. The molecule has 1 nitrogen and oxygen atoms in total. The Balaban J connectivity index is 2.36. The smallest absolute Gasteiger partial charge is 0.406 e. The van der Waals surface area contributed by atoms with Gasteiger partial charge in [0.2, 0.25) is 0 Å². The van der Waals surface area contributed by atoms with E-state index in [9.17, 15) is 13.2 Å².